The third-order valence-electron chi connectivity index (χ3n) is 4.71. The molecule has 0 aliphatic carbocycles. The average Bonchev–Trinajstić information content (AvgIpc) is 2.90. The number of rotatable bonds is 14. The minimum Gasteiger partial charge on any atom is -0.460 e. The highest BCUT2D eigenvalue weighted by atomic mass is 32.2. The lowest BCUT2D eigenvalue weighted by Gasteiger charge is -2.32. The van der Waals surface area contributed by atoms with Crippen molar-refractivity contribution in [2.45, 2.75) is 12.5 Å². The van der Waals surface area contributed by atoms with Gasteiger partial charge in [0.15, 0.2) is 0 Å². The lowest BCUT2D eigenvalue weighted by molar-refractivity contribution is -0.139. The Morgan fingerprint density at radius 3 is 2.37 bits per heavy atom. The van der Waals surface area contributed by atoms with Crippen LogP contribution in [0.15, 0.2) is 61.0 Å². The minimum absolute atomic E-state index is 0.0479. The molecule has 2 heterocycles. The molecule has 0 bridgehead atoms. The zero-order valence-corrected chi connectivity index (χ0v) is 20.4. The molecule has 1 fully saturated rings. The summed E-state index contributed by atoms with van der Waals surface area (Å²) in [5, 5.41) is 2.02. The molecule has 1 aromatic heterocycles. The molecule has 1 amide bonds. The van der Waals surface area contributed by atoms with Gasteiger partial charge in [0.25, 0.3) is 0 Å². The zero-order chi connectivity index (χ0) is 24.7. The number of carbonyl (C=O) groups is 1. The van der Waals surface area contributed by atoms with Crippen molar-refractivity contribution in [2.75, 3.05) is 45.3 Å². The number of thioether (sulfide) groups is 1. The molecule has 0 spiro atoms. The van der Waals surface area contributed by atoms with Crippen LogP contribution in [-0.2, 0) is 9.53 Å². The van der Waals surface area contributed by atoms with Crippen molar-refractivity contribution in [3.05, 3.63) is 66.6 Å². The van der Waals surface area contributed by atoms with Crippen molar-refractivity contribution in [1.82, 2.24) is 19.9 Å². The Labute approximate surface area is 209 Å². The number of ether oxygens (including phenoxy) is 4. The highest BCUT2D eigenvalue weighted by molar-refractivity contribution is 8.02. The Morgan fingerprint density at radius 1 is 1.06 bits per heavy atom. The third kappa shape index (κ3) is 9.42. The largest absolute Gasteiger partial charge is 0.460 e. The van der Waals surface area contributed by atoms with E-state index < -0.39 is 0 Å². The van der Waals surface area contributed by atoms with Gasteiger partial charge < -0.3 is 23.8 Å². The molecule has 3 rings (SSSR count). The number of morpholine rings is 1. The first-order valence-corrected chi connectivity index (χ1v) is 12.3. The number of carbonyl (C=O) groups excluding carboxylic acids is 1. The molecule has 1 unspecified atom stereocenters. The lowest BCUT2D eigenvalue weighted by atomic mass is 10.2. The number of amides is 1. The van der Waals surface area contributed by atoms with E-state index in [9.17, 15) is 4.79 Å². The quantitative estimate of drug-likeness (QED) is 0.287. The molecule has 2 aromatic rings. The second kappa shape index (κ2) is 14.8. The van der Waals surface area contributed by atoms with Crippen LogP contribution in [0.3, 0.4) is 0 Å². The first kappa shape index (κ1) is 26.2. The van der Waals surface area contributed by atoms with Crippen molar-refractivity contribution >= 4 is 23.7 Å². The SMILES string of the molecule is C=CCOc1nc(OCC=C)nc(OCC2CN(C(=O)CCSC=Cc3ccccc3)CCO2)n1. The van der Waals surface area contributed by atoms with E-state index >= 15 is 0 Å². The van der Waals surface area contributed by atoms with E-state index in [4.69, 9.17) is 18.9 Å². The van der Waals surface area contributed by atoms with Crippen LogP contribution in [0.5, 0.6) is 18.0 Å². The van der Waals surface area contributed by atoms with Gasteiger partial charge in [-0.2, -0.15) is 0 Å². The van der Waals surface area contributed by atoms with Crippen LogP contribution in [0.1, 0.15) is 12.0 Å². The summed E-state index contributed by atoms with van der Waals surface area (Å²) >= 11 is 1.62. The maximum Gasteiger partial charge on any atom is 0.326 e. The molecule has 1 aliphatic heterocycles. The molecule has 1 aliphatic rings. The normalized spacial score (nSPS) is 15.5. The van der Waals surface area contributed by atoms with Crippen LogP contribution < -0.4 is 14.2 Å². The maximum atomic E-state index is 12.7. The standard InChI is InChI=1S/C25H30N4O5S/c1-3-13-32-23-26-24(33-14-4-2)28-25(27-23)34-19-21-18-29(12-15-31-21)22(30)11-17-35-16-10-20-8-6-5-7-9-20/h3-10,16,21H,1-2,11-15,17-19H2. The Kier molecular flexibility index (Phi) is 11.1. The Bertz CT molecular complexity index is 959. The Morgan fingerprint density at radius 2 is 1.71 bits per heavy atom. The maximum absolute atomic E-state index is 12.7. The fourth-order valence-electron chi connectivity index (χ4n) is 3.06. The average molecular weight is 499 g/mol. The second-order valence-electron chi connectivity index (χ2n) is 7.36. The van der Waals surface area contributed by atoms with Gasteiger partial charge in [0, 0.05) is 18.7 Å². The summed E-state index contributed by atoms with van der Waals surface area (Å²) in [6.07, 6.45) is 5.35. The summed E-state index contributed by atoms with van der Waals surface area (Å²) in [6, 6.07) is 10.2. The van der Waals surface area contributed by atoms with E-state index in [0.29, 0.717) is 31.9 Å². The topological polar surface area (TPSA) is 95.9 Å². The minimum atomic E-state index is -0.301. The first-order valence-electron chi connectivity index (χ1n) is 11.3. The third-order valence-corrected chi connectivity index (χ3v) is 5.48. The van der Waals surface area contributed by atoms with Crippen molar-refractivity contribution in [1.29, 1.82) is 0 Å². The summed E-state index contributed by atoms with van der Waals surface area (Å²) in [7, 11) is 0. The number of hydrogen-bond donors (Lipinski definition) is 0. The van der Waals surface area contributed by atoms with Gasteiger partial charge in [0.05, 0.1) is 13.2 Å². The van der Waals surface area contributed by atoms with Gasteiger partial charge in [-0.15, -0.1) is 26.7 Å². The number of aromatic nitrogens is 3. The molecule has 186 valence electrons. The van der Waals surface area contributed by atoms with E-state index in [2.05, 4.69) is 28.1 Å². The molecular weight excluding hydrogens is 468 g/mol. The van der Waals surface area contributed by atoms with E-state index in [0.717, 1.165) is 5.56 Å². The van der Waals surface area contributed by atoms with Gasteiger partial charge in [0.1, 0.15) is 25.9 Å². The van der Waals surface area contributed by atoms with Crippen molar-refractivity contribution in [3.63, 3.8) is 0 Å². The first-order chi connectivity index (χ1) is 17.2. The molecule has 1 saturated heterocycles. The highest BCUT2D eigenvalue weighted by Gasteiger charge is 2.25. The number of benzene rings is 1. The summed E-state index contributed by atoms with van der Waals surface area (Å²) in [6.45, 7) is 9.28. The number of hydrogen-bond acceptors (Lipinski definition) is 9. The lowest BCUT2D eigenvalue weighted by Crippen LogP contribution is -2.47. The molecule has 1 aromatic carbocycles. The Balaban J connectivity index is 1.45. The smallest absolute Gasteiger partial charge is 0.326 e. The predicted molar refractivity (Wildman–Crippen MR) is 136 cm³/mol. The summed E-state index contributed by atoms with van der Waals surface area (Å²) in [5.41, 5.74) is 1.14. The molecule has 0 radical (unpaired) electrons. The second-order valence-corrected chi connectivity index (χ2v) is 8.37. The zero-order valence-electron chi connectivity index (χ0n) is 19.6. The van der Waals surface area contributed by atoms with Crippen LogP contribution in [0, 0.1) is 0 Å². The predicted octanol–water partition coefficient (Wildman–Crippen LogP) is 3.40. The molecule has 0 N–H and O–H groups in total. The van der Waals surface area contributed by atoms with E-state index in [1.54, 1.807) is 23.9 Å². The fourth-order valence-corrected chi connectivity index (χ4v) is 3.74. The van der Waals surface area contributed by atoms with Crippen LogP contribution in [0.4, 0.5) is 0 Å². The van der Waals surface area contributed by atoms with Gasteiger partial charge in [-0.25, -0.2) is 0 Å². The van der Waals surface area contributed by atoms with Gasteiger partial charge in [-0.1, -0.05) is 55.6 Å². The van der Waals surface area contributed by atoms with Gasteiger partial charge in [-0.3, -0.25) is 4.79 Å². The molecule has 35 heavy (non-hydrogen) atoms. The molecule has 1 atom stereocenters. The monoisotopic (exact) mass is 498 g/mol. The van der Waals surface area contributed by atoms with Gasteiger partial charge >= 0.3 is 18.0 Å². The van der Waals surface area contributed by atoms with Gasteiger partial charge in [-0.05, 0) is 17.0 Å². The van der Waals surface area contributed by atoms with Crippen molar-refractivity contribution in [3.8, 4) is 18.0 Å². The summed E-state index contributed by atoms with van der Waals surface area (Å²) in [4.78, 5) is 26.8. The molecule has 0 saturated carbocycles. The molecular formula is C25H30N4O5S. The van der Waals surface area contributed by atoms with E-state index in [1.165, 1.54) is 0 Å². The molecule has 9 nitrogen and oxygen atoms in total. The van der Waals surface area contributed by atoms with Crippen LogP contribution >= 0.6 is 11.8 Å². The van der Waals surface area contributed by atoms with E-state index in [-0.39, 0.29) is 49.9 Å². The van der Waals surface area contributed by atoms with E-state index in [1.807, 2.05) is 46.7 Å². The highest BCUT2D eigenvalue weighted by Crippen LogP contribution is 2.17. The summed E-state index contributed by atoms with van der Waals surface area (Å²) < 4.78 is 22.2. The van der Waals surface area contributed by atoms with Gasteiger partial charge in [0.2, 0.25) is 5.91 Å². The van der Waals surface area contributed by atoms with Crippen molar-refractivity contribution < 1.29 is 23.7 Å². The van der Waals surface area contributed by atoms with Crippen LogP contribution in [0.25, 0.3) is 6.08 Å². The number of nitrogens with zero attached hydrogens (tertiary/aromatic N) is 4. The van der Waals surface area contributed by atoms with Crippen molar-refractivity contribution in [2.24, 2.45) is 0 Å². The Hall–Kier alpha value is -3.37. The fraction of sp³-hybridized carbons (Fsp3) is 0.360. The summed E-state index contributed by atoms with van der Waals surface area (Å²) in [5.74, 6) is 0.811. The molecule has 10 heteroatoms. The van der Waals surface area contributed by atoms with Crippen LogP contribution in [-0.4, -0.2) is 77.1 Å². The van der Waals surface area contributed by atoms with Crippen LogP contribution in [0.2, 0.25) is 0 Å².